The van der Waals surface area contributed by atoms with Crippen molar-refractivity contribution in [2.45, 2.75) is 39.0 Å². The molecular formula is C23H27NO. The molecule has 130 valence electrons. The normalized spacial score (nSPS) is 12.8. The van der Waals surface area contributed by atoms with Crippen molar-refractivity contribution in [3.8, 4) is 0 Å². The van der Waals surface area contributed by atoms with Gasteiger partial charge in [0.2, 0.25) is 0 Å². The number of hydrogen-bond acceptors (Lipinski definition) is 2. The summed E-state index contributed by atoms with van der Waals surface area (Å²) in [7, 11) is 0. The van der Waals surface area contributed by atoms with Crippen molar-refractivity contribution in [1.29, 1.82) is 0 Å². The predicted molar refractivity (Wildman–Crippen MR) is 106 cm³/mol. The molecule has 0 aliphatic heterocycles. The molecule has 0 saturated carbocycles. The molecule has 1 N–H and O–H groups in total. The van der Waals surface area contributed by atoms with Crippen LogP contribution in [0, 0.1) is 0 Å². The maximum absolute atomic E-state index is 10.8. The van der Waals surface area contributed by atoms with E-state index >= 15 is 0 Å². The van der Waals surface area contributed by atoms with Gasteiger partial charge in [0.15, 0.2) is 0 Å². The molecule has 3 rings (SSSR count). The smallest absolute Gasteiger partial charge is 0.0808 e. The zero-order valence-electron chi connectivity index (χ0n) is 15.1. The molecular weight excluding hydrogens is 306 g/mol. The van der Waals surface area contributed by atoms with Crippen LogP contribution in [0.2, 0.25) is 0 Å². The quantitative estimate of drug-likeness (QED) is 0.644. The minimum atomic E-state index is -0.442. The molecule has 0 amide bonds. The van der Waals surface area contributed by atoms with Gasteiger partial charge in [0.05, 0.1) is 6.10 Å². The Morgan fingerprint density at radius 3 is 2.28 bits per heavy atom. The molecule has 3 aromatic carbocycles. The zero-order valence-corrected chi connectivity index (χ0v) is 15.1. The SMILES string of the molecule is CC(C)N(CCC(O)c1cccc2ccccc12)Cc1ccccc1. The van der Waals surface area contributed by atoms with E-state index in [0.717, 1.165) is 30.5 Å². The first kappa shape index (κ1) is 17.7. The van der Waals surface area contributed by atoms with Gasteiger partial charge in [0.25, 0.3) is 0 Å². The number of fused-ring (bicyclic) bond motifs is 1. The molecule has 2 heteroatoms. The van der Waals surface area contributed by atoms with Crippen LogP contribution in [0.5, 0.6) is 0 Å². The fourth-order valence-electron chi connectivity index (χ4n) is 3.32. The van der Waals surface area contributed by atoms with Gasteiger partial charge >= 0.3 is 0 Å². The van der Waals surface area contributed by atoms with Gasteiger partial charge in [0, 0.05) is 19.1 Å². The molecule has 0 spiro atoms. The summed E-state index contributed by atoms with van der Waals surface area (Å²) in [4.78, 5) is 2.42. The molecule has 0 radical (unpaired) electrons. The monoisotopic (exact) mass is 333 g/mol. The van der Waals surface area contributed by atoms with Gasteiger partial charge in [-0.2, -0.15) is 0 Å². The van der Waals surface area contributed by atoms with E-state index in [2.05, 4.69) is 61.2 Å². The van der Waals surface area contributed by atoms with Crippen molar-refractivity contribution in [1.82, 2.24) is 4.90 Å². The average molecular weight is 333 g/mol. The Balaban J connectivity index is 1.70. The van der Waals surface area contributed by atoms with Crippen molar-refractivity contribution in [3.63, 3.8) is 0 Å². The van der Waals surface area contributed by atoms with Crippen LogP contribution in [0.15, 0.2) is 72.8 Å². The third kappa shape index (κ3) is 4.47. The molecule has 1 unspecified atom stereocenters. The summed E-state index contributed by atoms with van der Waals surface area (Å²) >= 11 is 0. The molecule has 25 heavy (non-hydrogen) atoms. The van der Waals surface area contributed by atoms with Crippen molar-refractivity contribution in [3.05, 3.63) is 83.9 Å². The second kappa shape index (κ2) is 8.28. The lowest BCUT2D eigenvalue weighted by atomic mass is 9.98. The highest BCUT2D eigenvalue weighted by Gasteiger charge is 2.15. The number of rotatable bonds is 7. The van der Waals surface area contributed by atoms with E-state index in [1.165, 1.54) is 10.9 Å². The number of aliphatic hydroxyl groups is 1. The summed E-state index contributed by atoms with van der Waals surface area (Å²) in [5, 5.41) is 13.1. The standard InChI is InChI=1S/C23H27NO/c1-18(2)24(17-19-9-4-3-5-10-19)16-15-23(25)22-14-8-12-20-11-6-7-13-21(20)22/h3-14,18,23,25H,15-17H2,1-2H3. The molecule has 0 fully saturated rings. The van der Waals surface area contributed by atoms with Crippen LogP contribution in [0.1, 0.15) is 37.5 Å². The molecule has 0 heterocycles. The molecule has 2 nitrogen and oxygen atoms in total. The van der Waals surface area contributed by atoms with Gasteiger partial charge in [0.1, 0.15) is 0 Å². The van der Waals surface area contributed by atoms with E-state index in [4.69, 9.17) is 0 Å². The van der Waals surface area contributed by atoms with Crippen LogP contribution in [-0.4, -0.2) is 22.6 Å². The molecule has 0 bridgehead atoms. The van der Waals surface area contributed by atoms with Gasteiger partial charge in [-0.1, -0.05) is 72.8 Å². The second-order valence-electron chi connectivity index (χ2n) is 6.92. The summed E-state index contributed by atoms with van der Waals surface area (Å²) in [5.74, 6) is 0. The minimum Gasteiger partial charge on any atom is -0.388 e. The van der Waals surface area contributed by atoms with Gasteiger partial charge in [-0.15, -0.1) is 0 Å². The molecule has 3 aromatic rings. The van der Waals surface area contributed by atoms with Gasteiger partial charge in [-0.05, 0) is 42.2 Å². The Labute approximate surface area is 150 Å². The Morgan fingerprint density at radius 1 is 0.840 bits per heavy atom. The third-order valence-electron chi connectivity index (χ3n) is 4.83. The topological polar surface area (TPSA) is 23.5 Å². The minimum absolute atomic E-state index is 0.442. The summed E-state index contributed by atoms with van der Waals surface area (Å²) in [5.41, 5.74) is 2.34. The van der Waals surface area contributed by atoms with E-state index < -0.39 is 6.10 Å². The predicted octanol–water partition coefficient (Wildman–Crippen LogP) is 5.17. The van der Waals surface area contributed by atoms with Crippen molar-refractivity contribution in [2.24, 2.45) is 0 Å². The second-order valence-corrected chi connectivity index (χ2v) is 6.92. The lowest BCUT2D eigenvalue weighted by Gasteiger charge is -2.28. The number of nitrogens with zero attached hydrogens (tertiary/aromatic N) is 1. The van der Waals surface area contributed by atoms with E-state index in [-0.39, 0.29) is 0 Å². The Bertz CT molecular complexity index is 792. The highest BCUT2D eigenvalue weighted by atomic mass is 16.3. The fraction of sp³-hybridized carbons (Fsp3) is 0.304. The van der Waals surface area contributed by atoms with E-state index in [9.17, 15) is 5.11 Å². The highest BCUT2D eigenvalue weighted by molar-refractivity contribution is 5.85. The van der Waals surface area contributed by atoms with Crippen molar-refractivity contribution < 1.29 is 5.11 Å². The van der Waals surface area contributed by atoms with Gasteiger partial charge in [-0.3, -0.25) is 4.90 Å². The van der Waals surface area contributed by atoms with E-state index in [1.54, 1.807) is 0 Å². The number of hydrogen-bond donors (Lipinski definition) is 1. The first-order valence-electron chi connectivity index (χ1n) is 9.09. The summed E-state index contributed by atoms with van der Waals surface area (Å²) < 4.78 is 0. The van der Waals surface area contributed by atoms with Gasteiger partial charge in [-0.25, -0.2) is 0 Å². The molecule has 0 aromatic heterocycles. The Morgan fingerprint density at radius 2 is 1.52 bits per heavy atom. The maximum atomic E-state index is 10.8. The van der Waals surface area contributed by atoms with Crippen LogP contribution in [0.4, 0.5) is 0 Å². The van der Waals surface area contributed by atoms with Crippen LogP contribution >= 0.6 is 0 Å². The average Bonchev–Trinajstić information content (AvgIpc) is 2.65. The van der Waals surface area contributed by atoms with Crippen LogP contribution < -0.4 is 0 Å². The third-order valence-corrected chi connectivity index (χ3v) is 4.83. The van der Waals surface area contributed by atoms with Crippen LogP contribution in [-0.2, 0) is 6.54 Å². The lowest BCUT2D eigenvalue weighted by Crippen LogP contribution is -2.32. The first-order valence-corrected chi connectivity index (χ1v) is 9.09. The summed E-state index contributed by atoms with van der Waals surface area (Å²) in [6, 6.07) is 25.4. The van der Waals surface area contributed by atoms with Crippen LogP contribution in [0.3, 0.4) is 0 Å². The highest BCUT2D eigenvalue weighted by Crippen LogP contribution is 2.26. The number of benzene rings is 3. The van der Waals surface area contributed by atoms with Crippen molar-refractivity contribution >= 4 is 10.8 Å². The molecule has 0 aliphatic rings. The number of aliphatic hydroxyl groups excluding tert-OH is 1. The lowest BCUT2D eigenvalue weighted by molar-refractivity contribution is 0.128. The Hall–Kier alpha value is -2.16. The van der Waals surface area contributed by atoms with Crippen molar-refractivity contribution in [2.75, 3.05) is 6.54 Å². The van der Waals surface area contributed by atoms with Crippen LogP contribution in [0.25, 0.3) is 10.8 Å². The largest absolute Gasteiger partial charge is 0.388 e. The Kier molecular flexibility index (Phi) is 5.85. The maximum Gasteiger partial charge on any atom is 0.0808 e. The van der Waals surface area contributed by atoms with Gasteiger partial charge < -0.3 is 5.11 Å². The van der Waals surface area contributed by atoms with E-state index in [1.807, 2.05) is 30.3 Å². The molecule has 0 aliphatic carbocycles. The first-order chi connectivity index (χ1) is 12.1. The summed E-state index contributed by atoms with van der Waals surface area (Å²) in [6.07, 6.45) is 0.294. The summed E-state index contributed by atoms with van der Waals surface area (Å²) in [6.45, 7) is 6.22. The molecule has 1 atom stereocenters. The van der Waals surface area contributed by atoms with E-state index in [0.29, 0.717) is 6.04 Å². The fourth-order valence-corrected chi connectivity index (χ4v) is 3.32. The molecule has 0 saturated heterocycles. The zero-order chi connectivity index (χ0) is 17.6.